The van der Waals surface area contributed by atoms with Gasteiger partial charge < -0.3 is 10.8 Å². The summed E-state index contributed by atoms with van der Waals surface area (Å²) in [5.41, 5.74) is 0.971. The number of allylic oxidation sites excluding steroid dienone is 3. The molecule has 1 fully saturated rings. The van der Waals surface area contributed by atoms with Crippen LogP contribution in [0.15, 0.2) is 23.8 Å². The lowest BCUT2D eigenvalue weighted by molar-refractivity contribution is -0.119. The number of piperidine rings is 1. The summed E-state index contributed by atoms with van der Waals surface area (Å²) < 4.78 is 0. The number of hydrogen-bond acceptors (Lipinski definition) is 1. The van der Waals surface area contributed by atoms with Gasteiger partial charge in [-0.1, -0.05) is 18.2 Å². The van der Waals surface area contributed by atoms with Crippen LogP contribution in [-0.4, -0.2) is 17.9 Å². The van der Waals surface area contributed by atoms with Gasteiger partial charge in [-0.15, -0.1) is 0 Å². The summed E-state index contributed by atoms with van der Waals surface area (Å²) >= 11 is 0. The Morgan fingerprint density at radius 3 is 3.08 bits per heavy atom. The molecule has 0 saturated carbocycles. The molecule has 1 unspecified atom stereocenters. The van der Waals surface area contributed by atoms with Gasteiger partial charge in [0.15, 0.2) is 0 Å². The molecule has 1 aliphatic carbocycles. The zero-order chi connectivity index (χ0) is 7.68. The predicted octanol–water partition coefficient (Wildman–Crippen LogP) is 0.184. The molecular formula is C9H13NO2. The van der Waals surface area contributed by atoms with Gasteiger partial charge >= 0.3 is 0 Å². The zero-order valence-corrected chi connectivity index (χ0v) is 6.84. The van der Waals surface area contributed by atoms with Crippen molar-refractivity contribution in [2.24, 2.45) is 5.92 Å². The van der Waals surface area contributed by atoms with E-state index in [1.165, 1.54) is 0 Å². The van der Waals surface area contributed by atoms with Gasteiger partial charge in [0, 0.05) is 12.1 Å². The third-order valence-electron chi connectivity index (χ3n) is 2.31. The van der Waals surface area contributed by atoms with Crippen LogP contribution in [0.4, 0.5) is 0 Å². The molecule has 2 rings (SSSR count). The molecule has 0 aromatic heterocycles. The number of carbonyl (C=O) groups excluding carboxylic acids is 1. The minimum atomic E-state index is 0. The number of fused-ring (bicyclic) bond motifs is 1. The van der Waals surface area contributed by atoms with Crippen LogP contribution >= 0.6 is 0 Å². The molecule has 0 radical (unpaired) electrons. The van der Waals surface area contributed by atoms with E-state index in [1.807, 2.05) is 12.2 Å². The van der Waals surface area contributed by atoms with Gasteiger partial charge in [-0.3, -0.25) is 4.79 Å². The van der Waals surface area contributed by atoms with Crippen molar-refractivity contribution < 1.29 is 10.3 Å². The number of rotatable bonds is 0. The highest BCUT2D eigenvalue weighted by atomic mass is 16.1. The van der Waals surface area contributed by atoms with Crippen LogP contribution < -0.4 is 5.32 Å². The first-order valence-corrected chi connectivity index (χ1v) is 4.03. The maximum Gasteiger partial charge on any atom is 0.247 e. The second-order valence-electron chi connectivity index (χ2n) is 3.03. The summed E-state index contributed by atoms with van der Waals surface area (Å²) in [6.45, 7) is 0.842. The van der Waals surface area contributed by atoms with Crippen molar-refractivity contribution in [3.8, 4) is 0 Å². The third kappa shape index (κ3) is 1.41. The van der Waals surface area contributed by atoms with Crippen molar-refractivity contribution in [3.63, 3.8) is 0 Å². The van der Waals surface area contributed by atoms with E-state index >= 15 is 0 Å². The van der Waals surface area contributed by atoms with E-state index in [2.05, 4.69) is 11.4 Å². The highest BCUT2D eigenvalue weighted by molar-refractivity contribution is 5.95. The highest BCUT2D eigenvalue weighted by Gasteiger charge is 2.24. The zero-order valence-electron chi connectivity index (χ0n) is 6.84. The molecule has 1 aliphatic heterocycles. The number of amides is 1. The van der Waals surface area contributed by atoms with Gasteiger partial charge in [-0.05, 0) is 18.8 Å². The van der Waals surface area contributed by atoms with E-state index in [-0.39, 0.29) is 11.4 Å². The lowest BCUT2D eigenvalue weighted by Gasteiger charge is -2.25. The van der Waals surface area contributed by atoms with E-state index in [0.717, 1.165) is 25.0 Å². The summed E-state index contributed by atoms with van der Waals surface area (Å²) in [4.78, 5) is 11.2. The third-order valence-corrected chi connectivity index (χ3v) is 2.31. The molecule has 2 aliphatic rings. The minimum Gasteiger partial charge on any atom is -0.412 e. The van der Waals surface area contributed by atoms with Gasteiger partial charge in [-0.25, -0.2) is 0 Å². The summed E-state index contributed by atoms with van der Waals surface area (Å²) in [6, 6.07) is 0. The topological polar surface area (TPSA) is 60.6 Å². The summed E-state index contributed by atoms with van der Waals surface area (Å²) in [5.74, 6) is 0.624. The molecule has 1 saturated heterocycles. The van der Waals surface area contributed by atoms with E-state index in [0.29, 0.717) is 5.92 Å². The van der Waals surface area contributed by atoms with E-state index in [1.54, 1.807) is 0 Å². The molecule has 0 aromatic carbocycles. The smallest absolute Gasteiger partial charge is 0.247 e. The number of nitrogens with one attached hydrogen (secondary N) is 1. The largest absolute Gasteiger partial charge is 0.412 e. The van der Waals surface area contributed by atoms with Crippen LogP contribution in [0, 0.1) is 5.92 Å². The Balaban J connectivity index is 0.000000720. The fourth-order valence-corrected chi connectivity index (χ4v) is 1.67. The Morgan fingerprint density at radius 1 is 1.50 bits per heavy atom. The van der Waals surface area contributed by atoms with Gasteiger partial charge in [0.05, 0.1) is 0 Å². The Kier molecular flexibility index (Phi) is 2.65. The summed E-state index contributed by atoms with van der Waals surface area (Å²) in [6.07, 6.45) is 8.17. The molecule has 0 aromatic rings. The second kappa shape index (κ2) is 3.54. The van der Waals surface area contributed by atoms with Crippen molar-refractivity contribution in [2.75, 3.05) is 6.54 Å². The standard InChI is InChI=1S/C9H11NO.H2O/c11-9-8-4-2-1-3-7(8)5-6-10-9;/h1-2,4,7H,3,5-6H2,(H,10,11);1H2. The Labute approximate surface area is 71.5 Å². The Hall–Kier alpha value is -1.09. The maximum atomic E-state index is 11.2. The van der Waals surface area contributed by atoms with E-state index < -0.39 is 0 Å². The number of carbonyl (C=O) groups is 1. The SMILES string of the molecule is O.O=C1NCCC2CC=CC=C12. The molecule has 1 heterocycles. The predicted molar refractivity (Wildman–Crippen MR) is 46.6 cm³/mol. The molecule has 3 N–H and O–H groups in total. The molecule has 3 heteroatoms. The summed E-state index contributed by atoms with van der Waals surface area (Å²) in [7, 11) is 0. The molecule has 12 heavy (non-hydrogen) atoms. The van der Waals surface area contributed by atoms with Gasteiger partial charge in [-0.2, -0.15) is 0 Å². The average molecular weight is 167 g/mol. The van der Waals surface area contributed by atoms with Crippen molar-refractivity contribution in [1.82, 2.24) is 5.32 Å². The monoisotopic (exact) mass is 167 g/mol. The van der Waals surface area contributed by atoms with Crippen LogP contribution in [0.1, 0.15) is 12.8 Å². The molecule has 0 spiro atoms. The van der Waals surface area contributed by atoms with Crippen LogP contribution in [0.3, 0.4) is 0 Å². The van der Waals surface area contributed by atoms with Crippen molar-refractivity contribution in [1.29, 1.82) is 0 Å². The van der Waals surface area contributed by atoms with Crippen molar-refractivity contribution in [2.45, 2.75) is 12.8 Å². The fraction of sp³-hybridized carbons (Fsp3) is 0.444. The lowest BCUT2D eigenvalue weighted by atomic mass is 9.86. The molecule has 66 valence electrons. The van der Waals surface area contributed by atoms with Gasteiger partial charge in [0.2, 0.25) is 5.91 Å². The van der Waals surface area contributed by atoms with Crippen LogP contribution in [0.5, 0.6) is 0 Å². The fourth-order valence-electron chi connectivity index (χ4n) is 1.67. The molecule has 3 nitrogen and oxygen atoms in total. The molecule has 1 amide bonds. The molecule has 0 bridgehead atoms. The molecular weight excluding hydrogens is 154 g/mol. The first-order chi connectivity index (χ1) is 5.38. The van der Waals surface area contributed by atoms with Gasteiger partial charge in [0.1, 0.15) is 0 Å². The van der Waals surface area contributed by atoms with Crippen molar-refractivity contribution >= 4 is 5.91 Å². The quantitative estimate of drug-likeness (QED) is 0.549. The van der Waals surface area contributed by atoms with Crippen LogP contribution in [0.2, 0.25) is 0 Å². The maximum absolute atomic E-state index is 11.2. The highest BCUT2D eigenvalue weighted by Crippen LogP contribution is 2.25. The Morgan fingerprint density at radius 2 is 2.33 bits per heavy atom. The van der Waals surface area contributed by atoms with E-state index in [9.17, 15) is 4.79 Å². The minimum absolute atomic E-state index is 0. The average Bonchev–Trinajstić information content (AvgIpc) is 2.06. The molecule has 1 atom stereocenters. The lowest BCUT2D eigenvalue weighted by Crippen LogP contribution is -2.36. The number of hydrogen-bond donors (Lipinski definition) is 1. The van der Waals surface area contributed by atoms with Crippen LogP contribution in [-0.2, 0) is 4.79 Å². The first-order valence-electron chi connectivity index (χ1n) is 4.03. The second-order valence-corrected chi connectivity index (χ2v) is 3.03. The Bertz CT molecular complexity index is 243. The summed E-state index contributed by atoms with van der Waals surface area (Å²) in [5, 5.41) is 2.84. The van der Waals surface area contributed by atoms with Crippen molar-refractivity contribution in [3.05, 3.63) is 23.8 Å². The normalized spacial score (nSPS) is 26.5. The first kappa shape index (κ1) is 9.00. The van der Waals surface area contributed by atoms with Crippen LogP contribution in [0.25, 0.3) is 0 Å². The van der Waals surface area contributed by atoms with E-state index in [4.69, 9.17) is 0 Å². The van der Waals surface area contributed by atoms with Gasteiger partial charge in [0.25, 0.3) is 0 Å².